The highest BCUT2D eigenvalue weighted by atomic mass is 32.2. The second-order valence-electron chi connectivity index (χ2n) is 5.29. The Labute approximate surface area is 134 Å². The Balaban J connectivity index is 2.87. The van der Waals surface area contributed by atoms with Crippen molar-refractivity contribution in [2.24, 2.45) is 5.92 Å². The van der Waals surface area contributed by atoms with E-state index in [0.717, 1.165) is 29.2 Å². The second kappa shape index (κ2) is 8.05. The minimum Gasteiger partial charge on any atom is -0.480 e. The van der Waals surface area contributed by atoms with Gasteiger partial charge in [-0.25, -0.2) is 12.8 Å². The number of aliphatic carboxylic acids is 1. The van der Waals surface area contributed by atoms with Gasteiger partial charge in [-0.3, -0.25) is 9.59 Å². The number of carboxylic acid groups (broad SMARTS) is 1. The molecule has 1 aromatic carbocycles. The molecule has 0 aliphatic rings. The van der Waals surface area contributed by atoms with E-state index in [1.165, 1.54) is 6.92 Å². The Morgan fingerprint density at radius 1 is 1.26 bits per heavy atom. The zero-order valence-corrected chi connectivity index (χ0v) is 13.8. The van der Waals surface area contributed by atoms with Crippen LogP contribution in [0.4, 0.5) is 4.39 Å². The highest BCUT2D eigenvalue weighted by molar-refractivity contribution is 7.91. The summed E-state index contributed by atoms with van der Waals surface area (Å²) in [7, 11) is -3.76. The molecule has 6 nitrogen and oxygen atoms in total. The molecule has 0 fully saturated rings. The van der Waals surface area contributed by atoms with Crippen LogP contribution in [0.5, 0.6) is 0 Å². The van der Waals surface area contributed by atoms with Gasteiger partial charge < -0.3 is 10.0 Å². The van der Waals surface area contributed by atoms with E-state index < -0.39 is 45.7 Å². The van der Waals surface area contributed by atoms with Crippen molar-refractivity contribution in [3.63, 3.8) is 0 Å². The first kappa shape index (κ1) is 19.1. The first-order valence-electron chi connectivity index (χ1n) is 7.16. The lowest BCUT2D eigenvalue weighted by atomic mass is 10.2. The summed E-state index contributed by atoms with van der Waals surface area (Å²) in [6.07, 6.45) is 0.566. The van der Waals surface area contributed by atoms with E-state index in [-0.39, 0.29) is 11.4 Å². The van der Waals surface area contributed by atoms with Crippen molar-refractivity contribution in [1.82, 2.24) is 4.90 Å². The Kier molecular flexibility index (Phi) is 6.68. The third kappa shape index (κ3) is 5.63. The van der Waals surface area contributed by atoms with Crippen LogP contribution < -0.4 is 0 Å². The van der Waals surface area contributed by atoms with Crippen LogP contribution in [-0.4, -0.2) is 49.1 Å². The normalized spacial score (nSPS) is 12.7. The van der Waals surface area contributed by atoms with Crippen LogP contribution in [0.1, 0.15) is 20.3 Å². The van der Waals surface area contributed by atoms with Gasteiger partial charge in [0.05, 0.1) is 10.6 Å². The first-order valence-corrected chi connectivity index (χ1v) is 8.81. The number of carboxylic acids is 1. The zero-order chi connectivity index (χ0) is 17.6. The van der Waals surface area contributed by atoms with Crippen LogP contribution in [0.25, 0.3) is 0 Å². The highest BCUT2D eigenvalue weighted by Crippen LogP contribution is 2.16. The van der Waals surface area contributed by atoms with Gasteiger partial charge in [-0.2, -0.15) is 0 Å². The molecule has 0 saturated heterocycles. The first-order chi connectivity index (χ1) is 10.7. The number of halogens is 1. The fraction of sp³-hybridized carbons (Fsp3) is 0.467. The molecule has 1 rings (SSSR count). The second-order valence-corrected chi connectivity index (χ2v) is 7.32. The third-order valence-corrected chi connectivity index (χ3v) is 5.12. The summed E-state index contributed by atoms with van der Waals surface area (Å²) in [4.78, 5) is 24.1. The maximum Gasteiger partial charge on any atom is 0.323 e. The molecule has 1 N–H and O–H groups in total. The average molecular weight is 345 g/mol. The number of nitrogens with zero attached hydrogens (tertiary/aromatic N) is 1. The topological polar surface area (TPSA) is 91.8 Å². The predicted octanol–water partition coefficient (Wildman–Crippen LogP) is 1.56. The van der Waals surface area contributed by atoms with Gasteiger partial charge in [-0.1, -0.05) is 13.8 Å². The minimum atomic E-state index is -3.76. The van der Waals surface area contributed by atoms with E-state index >= 15 is 0 Å². The monoisotopic (exact) mass is 345 g/mol. The molecule has 0 spiro atoms. The van der Waals surface area contributed by atoms with Gasteiger partial charge >= 0.3 is 5.97 Å². The van der Waals surface area contributed by atoms with Crippen molar-refractivity contribution in [2.75, 3.05) is 18.8 Å². The molecule has 0 aliphatic heterocycles. The molecule has 1 atom stereocenters. The number of hydrogen-bond acceptors (Lipinski definition) is 4. The molecular weight excluding hydrogens is 325 g/mol. The summed E-state index contributed by atoms with van der Waals surface area (Å²) in [6, 6.07) is 4.35. The lowest BCUT2D eigenvalue weighted by Gasteiger charge is -2.23. The molecule has 0 aromatic heterocycles. The van der Waals surface area contributed by atoms with Crippen LogP contribution in [0.15, 0.2) is 29.2 Å². The minimum absolute atomic E-state index is 0.0705. The molecule has 0 aliphatic carbocycles. The van der Waals surface area contributed by atoms with E-state index in [1.54, 1.807) is 6.92 Å². The van der Waals surface area contributed by atoms with Crippen molar-refractivity contribution in [3.8, 4) is 0 Å². The van der Waals surface area contributed by atoms with Gasteiger partial charge in [-0.05, 0) is 30.7 Å². The number of sulfone groups is 1. The number of amides is 1. The van der Waals surface area contributed by atoms with Crippen molar-refractivity contribution in [3.05, 3.63) is 30.1 Å². The van der Waals surface area contributed by atoms with E-state index in [9.17, 15) is 22.4 Å². The summed E-state index contributed by atoms with van der Waals surface area (Å²) in [5, 5.41) is 8.83. The van der Waals surface area contributed by atoms with Gasteiger partial charge in [0.15, 0.2) is 9.84 Å². The van der Waals surface area contributed by atoms with Crippen LogP contribution in [-0.2, 0) is 19.4 Å². The number of carbonyl (C=O) groups is 2. The molecule has 0 heterocycles. The maximum atomic E-state index is 12.9. The molecular formula is C15H20FNO5S. The molecule has 8 heteroatoms. The van der Waals surface area contributed by atoms with Crippen molar-refractivity contribution in [2.45, 2.75) is 25.2 Å². The van der Waals surface area contributed by atoms with Gasteiger partial charge in [-0.15, -0.1) is 0 Å². The number of rotatable bonds is 8. The quantitative estimate of drug-likeness (QED) is 0.722. The molecule has 0 bridgehead atoms. The Morgan fingerprint density at radius 2 is 1.83 bits per heavy atom. The molecule has 1 unspecified atom stereocenters. The van der Waals surface area contributed by atoms with Crippen molar-refractivity contribution < 1.29 is 27.5 Å². The number of carbonyl (C=O) groups excluding carboxylic acids is 1. The summed E-state index contributed by atoms with van der Waals surface area (Å²) >= 11 is 0. The largest absolute Gasteiger partial charge is 0.480 e. The SMILES string of the molecule is CCCN(CC(=O)O)C(=O)C(C)CS(=O)(=O)c1ccc(F)cc1. The lowest BCUT2D eigenvalue weighted by Crippen LogP contribution is -2.41. The standard InChI is InChI=1S/C15H20FNO5S/c1-3-8-17(9-14(18)19)15(20)11(2)10-23(21,22)13-6-4-12(16)5-7-13/h4-7,11H,3,8-10H2,1-2H3,(H,18,19). The van der Waals surface area contributed by atoms with E-state index in [0.29, 0.717) is 6.42 Å². The number of hydrogen-bond donors (Lipinski definition) is 1. The summed E-state index contributed by atoms with van der Waals surface area (Å²) in [6.45, 7) is 3.01. The Morgan fingerprint density at radius 3 is 2.30 bits per heavy atom. The highest BCUT2D eigenvalue weighted by Gasteiger charge is 2.27. The molecule has 1 amide bonds. The Bertz CT molecular complexity index is 657. The van der Waals surface area contributed by atoms with Crippen LogP contribution >= 0.6 is 0 Å². The molecule has 23 heavy (non-hydrogen) atoms. The summed E-state index contributed by atoms with van der Waals surface area (Å²) in [5.74, 6) is -3.59. The fourth-order valence-corrected chi connectivity index (χ4v) is 3.69. The molecule has 0 saturated carbocycles. The summed E-state index contributed by atoms with van der Waals surface area (Å²) < 4.78 is 37.4. The maximum absolute atomic E-state index is 12.9. The van der Waals surface area contributed by atoms with E-state index in [4.69, 9.17) is 5.11 Å². The third-order valence-electron chi connectivity index (χ3n) is 3.20. The molecule has 1 aromatic rings. The van der Waals surface area contributed by atoms with E-state index in [1.807, 2.05) is 0 Å². The van der Waals surface area contributed by atoms with Crippen LogP contribution in [0.3, 0.4) is 0 Å². The van der Waals surface area contributed by atoms with E-state index in [2.05, 4.69) is 0 Å². The fourth-order valence-electron chi connectivity index (χ4n) is 2.15. The van der Waals surface area contributed by atoms with Gasteiger partial charge in [0, 0.05) is 12.5 Å². The van der Waals surface area contributed by atoms with Crippen LogP contribution in [0.2, 0.25) is 0 Å². The van der Waals surface area contributed by atoms with Crippen molar-refractivity contribution >= 4 is 21.7 Å². The Hall–Kier alpha value is -1.96. The van der Waals surface area contributed by atoms with Crippen LogP contribution in [0, 0.1) is 11.7 Å². The molecule has 128 valence electrons. The van der Waals surface area contributed by atoms with Gasteiger partial charge in [0.25, 0.3) is 0 Å². The van der Waals surface area contributed by atoms with Gasteiger partial charge in [0.1, 0.15) is 12.4 Å². The lowest BCUT2D eigenvalue weighted by molar-refractivity contribution is -0.145. The van der Waals surface area contributed by atoms with Gasteiger partial charge in [0.2, 0.25) is 5.91 Å². The molecule has 0 radical (unpaired) electrons. The number of benzene rings is 1. The van der Waals surface area contributed by atoms with Crippen molar-refractivity contribution in [1.29, 1.82) is 0 Å². The summed E-state index contributed by atoms with van der Waals surface area (Å²) in [5.41, 5.74) is 0. The smallest absolute Gasteiger partial charge is 0.323 e. The predicted molar refractivity (Wildman–Crippen MR) is 82.1 cm³/mol. The average Bonchev–Trinajstić information content (AvgIpc) is 2.45. The zero-order valence-electron chi connectivity index (χ0n) is 13.0.